The lowest BCUT2D eigenvalue weighted by atomic mass is 9.84. The van der Waals surface area contributed by atoms with Crippen molar-refractivity contribution in [3.63, 3.8) is 0 Å². The molecule has 0 radical (unpaired) electrons. The van der Waals surface area contributed by atoms with E-state index in [9.17, 15) is 14.7 Å². The van der Waals surface area contributed by atoms with Gasteiger partial charge >= 0.3 is 0 Å². The van der Waals surface area contributed by atoms with Crippen molar-refractivity contribution >= 4 is 34.5 Å². The van der Waals surface area contributed by atoms with E-state index in [1.165, 1.54) is 16.2 Å². The van der Waals surface area contributed by atoms with Crippen molar-refractivity contribution < 1.29 is 19.4 Å². The number of hydrogen-bond acceptors (Lipinski definition) is 5. The number of nitrogens with zero attached hydrogens (tertiary/aromatic N) is 1. The van der Waals surface area contributed by atoms with Crippen molar-refractivity contribution in [2.75, 3.05) is 12.0 Å². The van der Waals surface area contributed by atoms with Gasteiger partial charge in [0, 0.05) is 22.2 Å². The summed E-state index contributed by atoms with van der Waals surface area (Å²) in [5.41, 5.74) is 2.92. The molecule has 1 N–H and O–H groups in total. The Morgan fingerprint density at radius 2 is 1.82 bits per heavy atom. The van der Waals surface area contributed by atoms with Gasteiger partial charge < -0.3 is 9.84 Å². The van der Waals surface area contributed by atoms with Crippen LogP contribution in [0.15, 0.2) is 65.6 Å². The summed E-state index contributed by atoms with van der Waals surface area (Å²) < 4.78 is 5.33. The number of thiophene rings is 1. The van der Waals surface area contributed by atoms with Crippen LogP contribution in [-0.4, -0.2) is 23.9 Å². The molecule has 2 heterocycles. The maximum absolute atomic E-state index is 13.3. The Morgan fingerprint density at radius 3 is 2.45 bits per heavy atom. The first-order chi connectivity index (χ1) is 15.6. The molecular formula is C27H27NO4S. The number of hydrogen-bond donors (Lipinski definition) is 1. The van der Waals surface area contributed by atoms with E-state index in [0.29, 0.717) is 17.0 Å². The number of carbonyl (C=O) groups excluding carboxylic acids is 2. The third kappa shape index (κ3) is 4.07. The minimum Gasteiger partial charge on any atom is -0.507 e. The van der Waals surface area contributed by atoms with E-state index < -0.39 is 17.7 Å². The smallest absolute Gasteiger partial charge is 0.300 e. The molecule has 3 aromatic rings. The van der Waals surface area contributed by atoms with Gasteiger partial charge in [0.1, 0.15) is 17.6 Å². The number of aryl methyl sites for hydroxylation is 1. The molecule has 1 aromatic heterocycles. The van der Waals surface area contributed by atoms with Gasteiger partial charge in [0.15, 0.2) is 0 Å². The Balaban J connectivity index is 1.95. The van der Waals surface area contributed by atoms with Crippen molar-refractivity contribution in [2.45, 2.75) is 39.2 Å². The van der Waals surface area contributed by atoms with E-state index in [2.05, 4.69) is 20.8 Å². The summed E-state index contributed by atoms with van der Waals surface area (Å²) in [5.74, 6) is -0.948. The van der Waals surface area contributed by atoms with Crippen LogP contribution in [0.1, 0.15) is 48.4 Å². The predicted molar refractivity (Wildman–Crippen MR) is 132 cm³/mol. The zero-order chi connectivity index (χ0) is 23.9. The highest BCUT2D eigenvalue weighted by atomic mass is 32.1. The van der Waals surface area contributed by atoms with Crippen LogP contribution in [0.25, 0.3) is 5.76 Å². The Morgan fingerprint density at radius 1 is 1.06 bits per heavy atom. The van der Waals surface area contributed by atoms with Crippen LogP contribution in [0, 0.1) is 6.92 Å². The molecule has 2 aromatic carbocycles. The minimum atomic E-state index is -0.727. The fourth-order valence-corrected chi connectivity index (χ4v) is 4.89. The third-order valence-electron chi connectivity index (χ3n) is 5.95. The van der Waals surface area contributed by atoms with Gasteiger partial charge in [-0.3, -0.25) is 14.5 Å². The Kier molecular flexibility index (Phi) is 5.89. The second-order valence-corrected chi connectivity index (χ2v) is 10.1. The number of benzene rings is 2. The standard InChI is InChI=1S/C27H27NO4S/c1-16-11-12-17(27(2,3)4)14-20(16)24(29)22-23(21-10-7-13-33-21)28(26(31)25(22)30)18-8-6-9-19(15-18)32-5/h6-15,23,29H,1-5H3/b24-22+. The van der Waals surface area contributed by atoms with E-state index in [1.54, 1.807) is 31.4 Å². The molecular weight excluding hydrogens is 434 g/mol. The molecule has 170 valence electrons. The number of aliphatic hydroxyl groups excluding tert-OH is 1. The van der Waals surface area contributed by atoms with Gasteiger partial charge in [-0.1, -0.05) is 45.0 Å². The second kappa shape index (κ2) is 8.52. The van der Waals surface area contributed by atoms with E-state index in [4.69, 9.17) is 4.74 Å². The number of ether oxygens (including phenoxy) is 1. The lowest BCUT2D eigenvalue weighted by molar-refractivity contribution is -0.132. The number of rotatable bonds is 4. The number of amides is 1. The predicted octanol–water partition coefficient (Wildman–Crippen LogP) is 5.99. The third-order valence-corrected chi connectivity index (χ3v) is 6.87. The molecule has 5 nitrogen and oxygen atoms in total. The zero-order valence-electron chi connectivity index (χ0n) is 19.4. The first-order valence-electron chi connectivity index (χ1n) is 10.7. The zero-order valence-corrected chi connectivity index (χ0v) is 20.2. The fourth-order valence-electron chi connectivity index (χ4n) is 4.06. The summed E-state index contributed by atoms with van der Waals surface area (Å²) in [7, 11) is 1.55. The normalized spacial score (nSPS) is 18.1. The summed E-state index contributed by atoms with van der Waals surface area (Å²) >= 11 is 1.44. The van der Waals surface area contributed by atoms with Crippen molar-refractivity contribution in [3.05, 3.63) is 87.1 Å². The van der Waals surface area contributed by atoms with Gasteiger partial charge in [-0.2, -0.15) is 0 Å². The number of Topliss-reactive ketones (excluding diaryl/α,β-unsaturated/α-hetero) is 1. The number of anilines is 1. The van der Waals surface area contributed by atoms with Crippen LogP contribution >= 0.6 is 11.3 Å². The summed E-state index contributed by atoms with van der Waals surface area (Å²) in [6, 6.07) is 15.9. The number of aliphatic hydroxyl groups is 1. The summed E-state index contributed by atoms with van der Waals surface area (Å²) in [4.78, 5) is 28.8. The molecule has 1 atom stereocenters. The molecule has 1 saturated heterocycles. The molecule has 1 amide bonds. The Bertz CT molecular complexity index is 1250. The molecule has 4 rings (SSSR count). The highest BCUT2D eigenvalue weighted by molar-refractivity contribution is 7.10. The molecule has 0 bridgehead atoms. The van der Waals surface area contributed by atoms with Crippen LogP contribution in [0.4, 0.5) is 5.69 Å². The van der Waals surface area contributed by atoms with Gasteiger partial charge in [0.25, 0.3) is 11.7 Å². The molecule has 6 heteroatoms. The average molecular weight is 462 g/mol. The second-order valence-electron chi connectivity index (χ2n) is 9.17. The summed E-state index contributed by atoms with van der Waals surface area (Å²) in [5, 5.41) is 13.4. The molecule has 1 unspecified atom stereocenters. The van der Waals surface area contributed by atoms with Crippen LogP contribution in [-0.2, 0) is 15.0 Å². The van der Waals surface area contributed by atoms with E-state index in [0.717, 1.165) is 16.0 Å². The van der Waals surface area contributed by atoms with Crippen molar-refractivity contribution in [3.8, 4) is 5.75 Å². The van der Waals surface area contributed by atoms with Gasteiger partial charge in [-0.15, -0.1) is 11.3 Å². The van der Waals surface area contributed by atoms with Gasteiger partial charge in [0.2, 0.25) is 0 Å². The Labute approximate surface area is 197 Å². The van der Waals surface area contributed by atoms with Crippen molar-refractivity contribution in [1.82, 2.24) is 0 Å². The average Bonchev–Trinajstić information content (AvgIpc) is 3.40. The maximum Gasteiger partial charge on any atom is 0.300 e. The maximum atomic E-state index is 13.3. The number of methoxy groups -OCH3 is 1. The Hall–Kier alpha value is -3.38. The van der Waals surface area contributed by atoms with Crippen molar-refractivity contribution in [1.29, 1.82) is 0 Å². The van der Waals surface area contributed by atoms with Gasteiger partial charge in [-0.05, 0) is 53.1 Å². The lowest BCUT2D eigenvalue weighted by Gasteiger charge is -2.25. The molecule has 1 aliphatic heterocycles. The largest absolute Gasteiger partial charge is 0.507 e. The molecule has 0 spiro atoms. The van der Waals surface area contributed by atoms with Crippen LogP contribution in [0.2, 0.25) is 0 Å². The summed E-state index contributed by atoms with van der Waals surface area (Å²) in [6.45, 7) is 8.17. The van der Waals surface area contributed by atoms with Crippen LogP contribution in [0.5, 0.6) is 5.75 Å². The molecule has 0 saturated carbocycles. The monoisotopic (exact) mass is 461 g/mol. The van der Waals surface area contributed by atoms with Crippen LogP contribution in [0.3, 0.4) is 0 Å². The highest BCUT2D eigenvalue weighted by Gasteiger charge is 2.47. The SMILES string of the molecule is COc1cccc(N2C(=O)C(=O)/C(=C(/O)c3cc(C(C)(C)C)ccc3C)C2c2cccs2)c1. The first kappa shape index (κ1) is 22.8. The van der Waals surface area contributed by atoms with Gasteiger partial charge in [-0.25, -0.2) is 0 Å². The molecule has 1 aliphatic rings. The topological polar surface area (TPSA) is 66.8 Å². The summed E-state index contributed by atoms with van der Waals surface area (Å²) in [6.07, 6.45) is 0. The van der Waals surface area contributed by atoms with Crippen molar-refractivity contribution in [2.24, 2.45) is 0 Å². The minimum absolute atomic E-state index is 0.0967. The van der Waals surface area contributed by atoms with Gasteiger partial charge in [0.05, 0.1) is 12.7 Å². The molecule has 0 aliphatic carbocycles. The quantitative estimate of drug-likeness (QED) is 0.294. The van der Waals surface area contributed by atoms with E-state index in [-0.39, 0.29) is 16.7 Å². The number of ketones is 1. The molecule has 1 fully saturated rings. The molecule has 33 heavy (non-hydrogen) atoms. The van der Waals surface area contributed by atoms with E-state index >= 15 is 0 Å². The first-order valence-corrected chi connectivity index (χ1v) is 11.6. The van der Waals surface area contributed by atoms with E-state index in [1.807, 2.05) is 42.6 Å². The highest BCUT2D eigenvalue weighted by Crippen LogP contribution is 2.44. The number of carbonyl (C=O) groups is 2. The lowest BCUT2D eigenvalue weighted by Crippen LogP contribution is -2.29. The fraction of sp³-hybridized carbons (Fsp3) is 0.259. The van der Waals surface area contributed by atoms with Crippen LogP contribution < -0.4 is 9.64 Å².